The molecule has 0 fully saturated rings. The fourth-order valence-electron chi connectivity index (χ4n) is 1.16. The predicted molar refractivity (Wildman–Crippen MR) is 51.8 cm³/mol. The molecule has 0 saturated carbocycles. The van der Waals surface area contributed by atoms with Crippen LogP contribution in [0.2, 0.25) is 0 Å². The van der Waals surface area contributed by atoms with Gasteiger partial charge in [-0.15, -0.1) is 6.58 Å². The minimum atomic E-state index is -0.406. The molecule has 0 amide bonds. The molecule has 0 unspecified atom stereocenters. The summed E-state index contributed by atoms with van der Waals surface area (Å²) >= 11 is 0. The maximum atomic E-state index is 9.52. The molecule has 13 heavy (non-hydrogen) atoms. The molecule has 0 bridgehead atoms. The van der Waals surface area contributed by atoms with Gasteiger partial charge in [-0.3, -0.25) is 0 Å². The molecule has 0 aliphatic heterocycles. The highest BCUT2D eigenvalue weighted by atomic mass is 16.5. The largest absolute Gasteiger partial charge is 0.507 e. The first-order valence-corrected chi connectivity index (χ1v) is 3.94. The minimum Gasteiger partial charge on any atom is -0.507 e. The van der Waals surface area contributed by atoms with Crippen LogP contribution in [0.25, 0.3) is 0 Å². The highest BCUT2D eigenvalue weighted by molar-refractivity contribution is 5.47. The first-order valence-electron chi connectivity index (χ1n) is 3.94. The normalized spacial score (nSPS) is 12.2. The number of rotatable bonds is 3. The topological polar surface area (TPSA) is 55.5 Å². The van der Waals surface area contributed by atoms with Crippen LogP contribution in [0.15, 0.2) is 30.9 Å². The zero-order valence-electron chi connectivity index (χ0n) is 7.53. The Kier molecular flexibility index (Phi) is 2.93. The molecule has 1 aromatic carbocycles. The molecule has 0 heterocycles. The van der Waals surface area contributed by atoms with Crippen molar-refractivity contribution in [3.8, 4) is 11.5 Å². The third-order valence-electron chi connectivity index (χ3n) is 1.85. The SMILES string of the molecule is C=C[C@@H](N)c1c(O)cccc1OC. The van der Waals surface area contributed by atoms with E-state index in [9.17, 15) is 5.11 Å². The molecule has 1 aromatic rings. The van der Waals surface area contributed by atoms with Gasteiger partial charge in [0.05, 0.1) is 18.7 Å². The van der Waals surface area contributed by atoms with Crippen molar-refractivity contribution in [2.45, 2.75) is 6.04 Å². The van der Waals surface area contributed by atoms with Crippen LogP contribution < -0.4 is 10.5 Å². The zero-order valence-corrected chi connectivity index (χ0v) is 7.53. The van der Waals surface area contributed by atoms with Crippen LogP contribution in [0.3, 0.4) is 0 Å². The van der Waals surface area contributed by atoms with Crippen molar-refractivity contribution in [3.63, 3.8) is 0 Å². The minimum absolute atomic E-state index is 0.131. The lowest BCUT2D eigenvalue weighted by Crippen LogP contribution is -2.08. The molecular weight excluding hydrogens is 166 g/mol. The van der Waals surface area contributed by atoms with Crippen LogP contribution in [-0.4, -0.2) is 12.2 Å². The summed E-state index contributed by atoms with van der Waals surface area (Å²) in [5.41, 5.74) is 6.28. The molecule has 3 nitrogen and oxygen atoms in total. The van der Waals surface area contributed by atoms with Crippen LogP contribution in [0, 0.1) is 0 Å². The van der Waals surface area contributed by atoms with Crippen molar-refractivity contribution in [1.29, 1.82) is 0 Å². The summed E-state index contributed by atoms with van der Waals surface area (Å²) in [6.07, 6.45) is 1.55. The summed E-state index contributed by atoms with van der Waals surface area (Å²) in [5.74, 6) is 0.708. The number of methoxy groups -OCH3 is 1. The summed E-state index contributed by atoms with van der Waals surface area (Å²) in [4.78, 5) is 0. The quantitative estimate of drug-likeness (QED) is 0.693. The molecule has 3 heteroatoms. The van der Waals surface area contributed by atoms with E-state index < -0.39 is 6.04 Å². The van der Waals surface area contributed by atoms with E-state index in [0.717, 1.165) is 0 Å². The van der Waals surface area contributed by atoms with E-state index in [1.807, 2.05) is 0 Å². The van der Waals surface area contributed by atoms with Crippen LogP contribution in [-0.2, 0) is 0 Å². The van der Waals surface area contributed by atoms with Gasteiger partial charge in [-0.25, -0.2) is 0 Å². The lowest BCUT2D eigenvalue weighted by atomic mass is 10.1. The number of benzene rings is 1. The van der Waals surface area contributed by atoms with Gasteiger partial charge in [0.1, 0.15) is 11.5 Å². The first-order chi connectivity index (χ1) is 6.20. The van der Waals surface area contributed by atoms with E-state index in [0.29, 0.717) is 11.3 Å². The first kappa shape index (κ1) is 9.61. The molecule has 0 aromatic heterocycles. The second kappa shape index (κ2) is 3.96. The Morgan fingerprint density at radius 2 is 2.31 bits per heavy atom. The number of aromatic hydroxyl groups is 1. The van der Waals surface area contributed by atoms with E-state index in [1.165, 1.54) is 7.11 Å². The third-order valence-corrected chi connectivity index (χ3v) is 1.85. The molecule has 0 spiro atoms. The Hall–Kier alpha value is -1.48. The van der Waals surface area contributed by atoms with E-state index in [-0.39, 0.29) is 5.75 Å². The van der Waals surface area contributed by atoms with Crippen molar-refractivity contribution >= 4 is 0 Å². The van der Waals surface area contributed by atoms with Gasteiger partial charge in [-0.1, -0.05) is 12.1 Å². The Morgan fingerprint density at radius 3 is 2.85 bits per heavy atom. The van der Waals surface area contributed by atoms with E-state index in [1.54, 1.807) is 24.3 Å². The molecule has 70 valence electrons. The molecule has 0 saturated heterocycles. The molecule has 0 radical (unpaired) electrons. The molecule has 3 N–H and O–H groups in total. The van der Waals surface area contributed by atoms with Gasteiger partial charge in [0, 0.05) is 0 Å². The average molecular weight is 179 g/mol. The van der Waals surface area contributed by atoms with Crippen molar-refractivity contribution < 1.29 is 9.84 Å². The summed E-state index contributed by atoms with van der Waals surface area (Å²) in [6, 6.07) is 4.61. The van der Waals surface area contributed by atoms with E-state index >= 15 is 0 Å². The van der Waals surface area contributed by atoms with Crippen LogP contribution in [0.1, 0.15) is 11.6 Å². The highest BCUT2D eigenvalue weighted by Gasteiger charge is 2.12. The summed E-state index contributed by atoms with van der Waals surface area (Å²) in [7, 11) is 1.54. The van der Waals surface area contributed by atoms with Gasteiger partial charge in [-0.2, -0.15) is 0 Å². The van der Waals surface area contributed by atoms with Gasteiger partial charge < -0.3 is 15.6 Å². The number of ether oxygens (including phenoxy) is 1. The Balaban J connectivity index is 3.22. The standard InChI is InChI=1S/C10H13NO2/c1-3-7(11)10-8(12)5-4-6-9(10)13-2/h3-7,12H,1,11H2,2H3/t7-/m1/s1. The molecule has 1 rings (SSSR count). The van der Waals surface area contributed by atoms with Gasteiger partial charge in [0.15, 0.2) is 0 Å². The fourth-order valence-corrected chi connectivity index (χ4v) is 1.16. The smallest absolute Gasteiger partial charge is 0.127 e. The summed E-state index contributed by atoms with van der Waals surface area (Å²) in [5, 5.41) is 9.52. The lowest BCUT2D eigenvalue weighted by Gasteiger charge is -2.13. The summed E-state index contributed by atoms with van der Waals surface area (Å²) < 4.78 is 5.06. The monoisotopic (exact) mass is 179 g/mol. The highest BCUT2D eigenvalue weighted by Crippen LogP contribution is 2.32. The van der Waals surface area contributed by atoms with Gasteiger partial charge in [0.2, 0.25) is 0 Å². The Morgan fingerprint density at radius 1 is 1.62 bits per heavy atom. The number of hydrogen-bond donors (Lipinski definition) is 2. The fraction of sp³-hybridized carbons (Fsp3) is 0.200. The molecule has 0 aliphatic rings. The van der Waals surface area contributed by atoms with E-state index in [4.69, 9.17) is 10.5 Å². The van der Waals surface area contributed by atoms with E-state index in [2.05, 4.69) is 6.58 Å². The number of hydrogen-bond acceptors (Lipinski definition) is 3. The third kappa shape index (κ3) is 1.81. The zero-order chi connectivity index (χ0) is 9.84. The summed E-state index contributed by atoms with van der Waals surface area (Å²) in [6.45, 7) is 3.56. The maximum Gasteiger partial charge on any atom is 0.127 e. The number of phenols is 1. The van der Waals surface area contributed by atoms with Crippen LogP contribution in [0.4, 0.5) is 0 Å². The van der Waals surface area contributed by atoms with Crippen molar-refractivity contribution in [1.82, 2.24) is 0 Å². The van der Waals surface area contributed by atoms with Crippen LogP contribution >= 0.6 is 0 Å². The number of phenolic OH excluding ortho intramolecular Hbond substituents is 1. The second-order valence-corrected chi connectivity index (χ2v) is 2.65. The lowest BCUT2D eigenvalue weighted by molar-refractivity contribution is 0.397. The average Bonchev–Trinajstić information content (AvgIpc) is 2.16. The van der Waals surface area contributed by atoms with Crippen molar-refractivity contribution in [2.75, 3.05) is 7.11 Å². The molecular formula is C10H13NO2. The predicted octanol–water partition coefficient (Wildman–Crippen LogP) is 1.59. The Labute approximate surface area is 77.4 Å². The van der Waals surface area contributed by atoms with Crippen molar-refractivity contribution in [3.05, 3.63) is 36.4 Å². The molecule has 1 atom stereocenters. The second-order valence-electron chi connectivity index (χ2n) is 2.65. The number of nitrogens with two attached hydrogens (primary N) is 1. The van der Waals surface area contributed by atoms with Crippen LogP contribution in [0.5, 0.6) is 11.5 Å². The van der Waals surface area contributed by atoms with Gasteiger partial charge in [0.25, 0.3) is 0 Å². The maximum absolute atomic E-state index is 9.52. The Bertz CT molecular complexity index is 310. The van der Waals surface area contributed by atoms with Gasteiger partial charge in [-0.05, 0) is 12.1 Å². The van der Waals surface area contributed by atoms with Gasteiger partial charge >= 0.3 is 0 Å². The molecule has 0 aliphatic carbocycles. The van der Waals surface area contributed by atoms with Crippen molar-refractivity contribution in [2.24, 2.45) is 5.73 Å².